The minimum Gasteiger partial charge on any atom is -0.122 e. The molecular formula is C22H28SSi. The van der Waals surface area contributed by atoms with Crippen molar-refractivity contribution in [1.29, 1.82) is 0 Å². The highest BCUT2D eigenvalue weighted by atomic mass is 32.2. The molecule has 0 saturated heterocycles. The molecule has 1 saturated carbocycles. The first-order valence-corrected chi connectivity index (χ1v) is 13.0. The van der Waals surface area contributed by atoms with Gasteiger partial charge in [0.05, 0.1) is 8.07 Å². The SMILES string of the molecule is C[Si](C)(/C=C/CCCc1ccccc1)C1(Sc2ccccc2)CC1. The van der Waals surface area contributed by atoms with Crippen molar-refractivity contribution in [3.05, 3.63) is 78.0 Å². The molecule has 0 atom stereocenters. The lowest BCUT2D eigenvalue weighted by Gasteiger charge is -2.29. The Bertz CT molecular complexity index is 657. The summed E-state index contributed by atoms with van der Waals surface area (Å²) in [6.07, 6.45) is 8.90. The maximum Gasteiger partial charge on any atom is 0.0888 e. The molecule has 0 aliphatic heterocycles. The molecule has 0 bridgehead atoms. The first-order valence-electron chi connectivity index (χ1n) is 9.07. The molecule has 3 rings (SSSR count). The van der Waals surface area contributed by atoms with Gasteiger partial charge in [-0.25, -0.2) is 0 Å². The van der Waals surface area contributed by atoms with Crippen molar-refractivity contribution in [3.8, 4) is 0 Å². The molecule has 2 aromatic rings. The summed E-state index contributed by atoms with van der Waals surface area (Å²) in [4.78, 5) is 1.44. The predicted octanol–water partition coefficient (Wildman–Crippen LogP) is 6.68. The molecule has 1 aliphatic rings. The summed E-state index contributed by atoms with van der Waals surface area (Å²) in [5, 5.41) is 0. The quantitative estimate of drug-likeness (QED) is 0.377. The van der Waals surface area contributed by atoms with Gasteiger partial charge in [0.25, 0.3) is 0 Å². The second-order valence-electron chi connectivity index (χ2n) is 7.41. The van der Waals surface area contributed by atoms with E-state index in [9.17, 15) is 0 Å². The second-order valence-corrected chi connectivity index (χ2v) is 14.0. The maximum absolute atomic E-state index is 2.61. The number of benzene rings is 2. The van der Waals surface area contributed by atoms with E-state index in [-0.39, 0.29) is 0 Å². The van der Waals surface area contributed by atoms with Crippen LogP contribution in [0.4, 0.5) is 0 Å². The van der Waals surface area contributed by atoms with Crippen LogP contribution < -0.4 is 0 Å². The fourth-order valence-corrected chi connectivity index (χ4v) is 8.44. The summed E-state index contributed by atoms with van der Waals surface area (Å²) in [5.41, 5.74) is 4.07. The van der Waals surface area contributed by atoms with E-state index in [2.05, 4.69) is 97.3 Å². The van der Waals surface area contributed by atoms with E-state index in [1.165, 1.54) is 42.6 Å². The van der Waals surface area contributed by atoms with Gasteiger partial charge in [-0.05, 0) is 49.8 Å². The van der Waals surface area contributed by atoms with E-state index in [1.807, 2.05) is 0 Å². The largest absolute Gasteiger partial charge is 0.122 e. The average Bonchev–Trinajstić information content (AvgIpc) is 3.38. The highest BCUT2D eigenvalue weighted by Crippen LogP contribution is 2.57. The van der Waals surface area contributed by atoms with Gasteiger partial charge in [0.15, 0.2) is 0 Å². The highest BCUT2D eigenvalue weighted by molar-refractivity contribution is 8.03. The molecule has 1 aliphatic carbocycles. The van der Waals surface area contributed by atoms with E-state index in [0.29, 0.717) is 4.37 Å². The minimum absolute atomic E-state index is 0.532. The molecule has 0 amide bonds. The van der Waals surface area contributed by atoms with Gasteiger partial charge in [-0.2, -0.15) is 0 Å². The second kappa shape index (κ2) is 7.75. The molecule has 0 N–H and O–H groups in total. The zero-order valence-electron chi connectivity index (χ0n) is 14.9. The number of rotatable bonds is 8. The Hall–Kier alpha value is -1.25. The summed E-state index contributed by atoms with van der Waals surface area (Å²) in [6.45, 7) is 5.09. The molecular weight excluding hydrogens is 324 g/mol. The van der Waals surface area contributed by atoms with Gasteiger partial charge < -0.3 is 0 Å². The highest BCUT2D eigenvalue weighted by Gasteiger charge is 2.55. The molecule has 0 spiro atoms. The monoisotopic (exact) mass is 352 g/mol. The van der Waals surface area contributed by atoms with E-state index >= 15 is 0 Å². The summed E-state index contributed by atoms with van der Waals surface area (Å²) in [7, 11) is -1.35. The van der Waals surface area contributed by atoms with Crippen LogP contribution in [0.15, 0.2) is 77.3 Å². The van der Waals surface area contributed by atoms with Crippen molar-refractivity contribution in [1.82, 2.24) is 0 Å². The van der Waals surface area contributed by atoms with Crippen LogP contribution in [0, 0.1) is 0 Å². The summed E-state index contributed by atoms with van der Waals surface area (Å²) in [5.74, 6) is 0. The fraction of sp³-hybridized carbons (Fsp3) is 0.364. The first-order chi connectivity index (χ1) is 11.6. The van der Waals surface area contributed by atoms with E-state index < -0.39 is 8.07 Å². The maximum atomic E-state index is 2.61. The number of thioether (sulfide) groups is 1. The Morgan fingerprint density at radius 2 is 1.58 bits per heavy atom. The minimum atomic E-state index is -1.35. The van der Waals surface area contributed by atoms with Gasteiger partial charge in [0.1, 0.15) is 0 Å². The van der Waals surface area contributed by atoms with Crippen molar-refractivity contribution in [2.75, 3.05) is 0 Å². The van der Waals surface area contributed by atoms with Crippen molar-refractivity contribution < 1.29 is 0 Å². The first kappa shape index (κ1) is 17.6. The topological polar surface area (TPSA) is 0 Å². The van der Waals surface area contributed by atoms with Crippen LogP contribution in [0.1, 0.15) is 31.2 Å². The van der Waals surface area contributed by atoms with E-state index in [4.69, 9.17) is 0 Å². The van der Waals surface area contributed by atoms with Gasteiger partial charge in [-0.1, -0.05) is 73.4 Å². The van der Waals surface area contributed by atoms with Crippen LogP contribution in [-0.4, -0.2) is 12.4 Å². The number of aryl methyl sites for hydroxylation is 1. The van der Waals surface area contributed by atoms with Crippen LogP contribution in [-0.2, 0) is 6.42 Å². The molecule has 1 fully saturated rings. The molecule has 2 aromatic carbocycles. The van der Waals surface area contributed by atoms with Crippen LogP contribution >= 0.6 is 11.8 Å². The molecule has 0 heterocycles. The molecule has 0 aromatic heterocycles. The van der Waals surface area contributed by atoms with Crippen molar-refractivity contribution >= 4 is 19.8 Å². The smallest absolute Gasteiger partial charge is 0.0888 e. The molecule has 0 unspecified atom stereocenters. The standard InChI is InChI=1S/C22H28SSi/c1-24(2,19-11-5-8-14-20-12-6-3-7-13-20)22(17-18-22)23-21-15-9-4-10-16-21/h3-4,6-7,9-13,15-16,19H,5,8,14,17-18H2,1-2H3/b19-11+. The Kier molecular flexibility index (Phi) is 5.67. The van der Waals surface area contributed by atoms with Crippen molar-refractivity contribution in [2.24, 2.45) is 0 Å². The summed E-state index contributed by atoms with van der Waals surface area (Å²) >= 11 is 2.14. The third kappa shape index (κ3) is 4.43. The van der Waals surface area contributed by atoms with E-state index in [1.54, 1.807) is 0 Å². The molecule has 24 heavy (non-hydrogen) atoms. The fourth-order valence-electron chi connectivity index (χ4n) is 3.30. The zero-order chi connectivity index (χ0) is 16.9. The van der Waals surface area contributed by atoms with E-state index in [0.717, 1.165) is 0 Å². The van der Waals surface area contributed by atoms with Gasteiger partial charge >= 0.3 is 0 Å². The lowest BCUT2D eigenvalue weighted by atomic mass is 10.1. The lowest BCUT2D eigenvalue weighted by Crippen LogP contribution is -2.39. The van der Waals surface area contributed by atoms with Gasteiger partial charge in [-0.3, -0.25) is 0 Å². The molecule has 2 heteroatoms. The van der Waals surface area contributed by atoms with Gasteiger partial charge in [0, 0.05) is 9.27 Å². The van der Waals surface area contributed by atoms with Gasteiger partial charge in [-0.15, -0.1) is 11.8 Å². The molecule has 0 radical (unpaired) electrons. The normalized spacial score (nSPS) is 16.4. The Balaban J connectivity index is 1.51. The average molecular weight is 353 g/mol. The van der Waals surface area contributed by atoms with Crippen molar-refractivity contribution in [3.63, 3.8) is 0 Å². The number of unbranched alkanes of at least 4 members (excludes halogenated alkanes) is 1. The van der Waals surface area contributed by atoms with Gasteiger partial charge in [0.2, 0.25) is 0 Å². The Morgan fingerprint density at radius 3 is 2.21 bits per heavy atom. The molecule has 126 valence electrons. The molecule has 0 nitrogen and oxygen atoms in total. The van der Waals surface area contributed by atoms with Crippen LogP contribution in [0.3, 0.4) is 0 Å². The summed E-state index contributed by atoms with van der Waals surface area (Å²) < 4.78 is 0.532. The Morgan fingerprint density at radius 1 is 0.958 bits per heavy atom. The third-order valence-electron chi connectivity index (χ3n) is 5.15. The predicted molar refractivity (Wildman–Crippen MR) is 110 cm³/mol. The Labute approximate surface area is 152 Å². The summed E-state index contributed by atoms with van der Waals surface area (Å²) in [6, 6.07) is 21.8. The number of allylic oxidation sites excluding steroid dienone is 1. The van der Waals surface area contributed by atoms with Crippen LogP contribution in [0.5, 0.6) is 0 Å². The van der Waals surface area contributed by atoms with Crippen LogP contribution in [0.25, 0.3) is 0 Å². The number of hydrogen-bond acceptors (Lipinski definition) is 1. The van der Waals surface area contributed by atoms with Crippen LogP contribution in [0.2, 0.25) is 13.1 Å². The zero-order valence-corrected chi connectivity index (χ0v) is 16.7. The third-order valence-corrected chi connectivity index (χ3v) is 12.3. The van der Waals surface area contributed by atoms with Crippen molar-refractivity contribution in [2.45, 2.75) is 54.5 Å². The lowest BCUT2D eigenvalue weighted by molar-refractivity contribution is 0.843. The number of hydrogen-bond donors (Lipinski definition) is 0.